The van der Waals surface area contributed by atoms with Crippen LogP contribution < -0.4 is 0 Å². The monoisotopic (exact) mass is 416 g/mol. The van der Waals surface area contributed by atoms with Gasteiger partial charge in [0.25, 0.3) is 0 Å². The Hall–Kier alpha value is -3.67. The molecule has 0 fully saturated rings. The van der Waals surface area contributed by atoms with Crippen LogP contribution in [0.1, 0.15) is 28.2 Å². The number of hydrogen-bond donors (Lipinski definition) is 1. The van der Waals surface area contributed by atoms with Gasteiger partial charge in [-0.1, -0.05) is 54.6 Å². The SMILES string of the molecule is Cc1cncc(C[C@@H](C(=O)O)N(C)C(=O)OCC2c3ccccc3-c3ccccc32)c1. The van der Waals surface area contributed by atoms with Gasteiger partial charge in [0, 0.05) is 31.8 Å². The van der Waals surface area contributed by atoms with E-state index in [2.05, 4.69) is 17.1 Å². The van der Waals surface area contributed by atoms with Crippen LogP contribution in [0.2, 0.25) is 0 Å². The Balaban J connectivity index is 1.48. The lowest BCUT2D eigenvalue weighted by Gasteiger charge is -2.25. The number of aromatic nitrogens is 1. The fraction of sp³-hybridized carbons (Fsp3) is 0.240. The molecule has 0 radical (unpaired) electrons. The smallest absolute Gasteiger partial charge is 0.410 e. The Morgan fingerprint density at radius 2 is 1.68 bits per heavy atom. The van der Waals surface area contributed by atoms with Crippen LogP contribution in [0.15, 0.2) is 67.0 Å². The zero-order valence-electron chi connectivity index (χ0n) is 17.5. The van der Waals surface area contributed by atoms with E-state index in [1.165, 1.54) is 7.05 Å². The largest absolute Gasteiger partial charge is 0.480 e. The molecule has 6 heteroatoms. The maximum absolute atomic E-state index is 12.8. The first-order valence-electron chi connectivity index (χ1n) is 10.2. The highest BCUT2D eigenvalue weighted by atomic mass is 16.6. The molecule has 0 bridgehead atoms. The molecule has 1 N–H and O–H groups in total. The van der Waals surface area contributed by atoms with Gasteiger partial charge in [-0.2, -0.15) is 0 Å². The van der Waals surface area contributed by atoms with Crippen molar-refractivity contribution >= 4 is 12.1 Å². The predicted molar refractivity (Wildman–Crippen MR) is 117 cm³/mol. The van der Waals surface area contributed by atoms with Crippen LogP contribution >= 0.6 is 0 Å². The summed E-state index contributed by atoms with van der Waals surface area (Å²) in [6.07, 6.45) is 2.82. The average Bonchev–Trinajstić information content (AvgIpc) is 3.09. The number of carbonyl (C=O) groups is 2. The number of ether oxygens (including phenoxy) is 1. The molecule has 1 amide bonds. The number of hydrogen-bond acceptors (Lipinski definition) is 4. The molecule has 0 aliphatic heterocycles. The number of benzene rings is 2. The number of carbonyl (C=O) groups excluding carboxylic acids is 1. The Morgan fingerprint density at radius 1 is 1.06 bits per heavy atom. The molecule has 1 aliphatic carbocycles. The van der Waals surface area contributed by atoms with Crippen LogP contribution in [0.5, 0.6) is 0 Å². The van der Waals surface area contributed by atoms with E-state index < -0.39 is 18.1 Å². The van der Waals surface area contributed by atoms with Crippen molar-refractivity contribution in [3.05, 3.63) is 89.2 Å². The minimum Gasteiger partial charge on any atom is -0.480 e. The molecule has 0 spiro atoms. The number of fused-ring (bicyclic) bond motifs is 3. The van der Waals surface area contributed by atoms with Gasteiger partial charge in [-0.25, -0.2) is 9.59 Å². The molecular formula is C25H24N2O4. The number of likely N-dealkylation sites (N-methyl/N-ethyl adjacent to an activating group) is 1. The van der Waals surface area contributed by atoms with E-state index in [1.807, 2.05) is 49.4 Å². The molecule has 1 aromatic heterocycles. The van der Waals surface area contributed by atoms with E-state index in [0.717, 1.165) is 38.3 Å². The van der Waals surface area contributed by atoms with Crippen molar-refractivity contribution in [2.45, 2.75) is 25.3 Å². The lowest BCUT2D eigenvalue weighted by atomic mass is 9.98. The summed E-state index contributed by atoms with van der Waals surface area (Å²) in [4.78, 5) is 29.9. The summed E-state index contributed by atoms with van der Waals surface area (Å²) >= 11 is 0. The summed E-state index contributed by atoms with van der Waals surface area (Å²) < 4.78 is 5.60. The number of carboxylic acids is 1. The number of pyridine rings is 1. The molecule has 2 aromatic carbocycles. The molecule has 0 unspecified atom stereocenters. The highest BCUT2D eigenvalue weighted by Crippen LogP contribution is 2.44. The Bertz CT molecular complexity index is 1080. The maximum Gasteiger partial charge on any atom is 0.410 e. The minimum atomic E-state index is -1.09. The number of rotatable bonds is 6. The average molecular weight is 416 g/mol. The zero-order valence-corrected chi connectivity index (χ0v) is 17.5. The van der Waals surface area contributed by atoms with Gasteiger partial charge in [0.05, 0.1) is 0 Å². The molecular weight excluding hydrogens is 392 g/mol. The van der Waals surface area contributed by atoms with Crippen molar-refractivity contribution in [1.29, 1.82) is 0 Å². The van der Waals surface area contributed by atoms with Gasteiger partial charge < -0.3 is 9.84 Å². The van der Waals surface area contributed by atoms with E-state index in [-0.39, 0.29) is 18.9 Å². The molecule has 1 heterocycles. The fourth-order valence-electron chi connectivity index (χ4n) is 4.17. The third kappa shape index (κ3) is 4.14. The van der Waals surface area contributed by atoms with E-state index in [0.29, 0.717) is 0 Å². The van der Waals surface area contributed by atoms with Crippen LogP contribution in [0.4, 0.5) is 4.79 Å². The van der Waals surface area contributed by atoms with E-state index in [1.54, 1.807) is 12.4 Å². The van der Waals surface area contributed by atoms with Crippen molar-refractivity contribution in [3.8, 4) is 11.1 Å². The van der Waals surface area contributed by atoms with E-state index >= 15 is 0 Å². The van der Waals surface area contributed by atoms with Crippen molar-refractivity contribution in [3.63, 3.8) is 0 Å². The van der Waals surface area contributed by atoms with Crippen LogP contribution in [0.25, 0.3) is 11.1 Å². The van der Waals surface area contributed by atoms with Gasteiger partial charge >= 0.3 is 12.1 Å². The number of aryl methyl sites for hydroxylation is 1. The maximum atomic E-state index is 12.8. The summed E-state index contributed by atoms with van der Waals surface area (Å²) in [7, 11) is 1.46. The third-order valence-electron chi connectivity index (χ3n) is 5.74. The highest BCUT2D eigenvalue weighted by Gasteiger charge is 2.32. The summed E-state index contributed by atoms with van der Waals surface area (Å²) in [5.74, 6) is -1.16. The molecule has 6 nitrogen and oxygen atoms in total. The first-order valence-corrected chi connectivity index (χ1v) is 10.2. The van der Waals surface area contributed by atoms with Crippen molar-refractivity contribution in [1.82, 2.24) is 9.88 Å². The second kappa shape index (κ2) is 8.60. The first kappa shape index (κ1) is 20.6. The van der Waals surface area contributed by atoms with Crippen molar-refractivity contribution in [2.75, 3.05) is 13.7 Å². The first-order chi connectivity index (χ1) is 15.0. The van der Waals surface area contributed by atoms with Gasteiger partial charge in [-0.15, -0.1) is 0 Å². The molecule has 4 rings (SSSR count). The second-order valence-electron chi connectivity index (χ2n) is 7.84. The zero-order chi connectivity index (χ0) is 22.0. The normalized spacial score (nSPS) is 13.2. The summed E-state index contributed by atoms with van der Waals surface area (Å²) in [6, 6.07) is 17.0. The number of aliphatic carboxylic acids is 1. The Kier molecular flexibility index (Phi) is 5.71. The quantitative estimate of drug-likeness (QED) is 0.649. The van der Waals surface area contributed by atoms with Gasteiger partial charge in [-0.05, 0) is 40.3 Å². The molecule has 1 aliphatic rings. The lowest BCUT2D eigenvalue weighted by molar-refractivity contribution is -0.142. The van der Waals surface area contributed by atoms with Crippen molar-refractivity contribution < 1.29 is 19.4 Å². The topological polar surface area (TPSA) is 79.7 Å². The van der Waals surface area contributed by atoms with Crippen LogP contribution in [-0.4, -0.2) is 46.7 Å². The number of nitrogens with zero attached hydrogens (tertiary/aromatic N) is 2. The second-order valence-corrected chi connectivity index (χ2v) is 7.84. The summed E-state index contributed by atoms with van der Waals surface area (Å²) in [6.45, 7) is 2.04. The number of carboxylic acid groups (broad SMARTS) is 1. The Labute approximate surface area is 181 Å². The van der Waals surface area contributed by atoms with Gasteiger partial charge in [0.2, 0.25) is 0 Å². The standard InChI is InChI=1S/C25H24N2O4/c1-16-11-17(14-26-13-16)12-23(24(28)29)27(2)25(30)31-15-22-20-9-5-3-7-18(20)19-8-4-6-10-21(19)22/h3-11,13-14,22-23H,12,15H2,1-2H3,(H,28,29)/t23-/m0/s1. The van der Waals surface area contributed by atoms with Gasteiger partial charge in [-0.3, -0.25) is 9.88 Å². The summed E-state index contributed by atoms with van der Waals surface area (Å²) in [5.41, 5.74) is 6.20. The molecule has 1 atom stereocenters. The molecule has 31 heavy (non-hydrogen) atoms. The van der Waals surface area contributed by atoms with Gasteiger partial charge in [0.1, 0.15) is 12.6 Å². The van der Waals surface area contributed by atoms with Crippen LogP contribution in [0.3, 0.4) is 0 Å². The predicted octanol–water partition coefficient (Wildman–Crippen LogP) is 4.27. The third-order valence-corrected chi connectivity index (χ3v) is 5.74. The molecule has 3 aromatic rings. The molecule has 158 valence electrons. The fourth-order valence-corrected chi connectivity index (χ4v) is 4.17. The summed E-state index contributed by atoms with van der Waals surface area (Å²) in [5, 5.41) is 9.69. The lowest BCUT2D eigenvalue weighted by Crippen LogP contribution is -2.44. The Morgan fingerprint density at radius 3 is 2.26 bits per heavy atom. The van der Waals surface area contributed by atoms with Gasteiger partial charge in [0.15, 0.2) is 0 Å². The highest BCUT2D eigenvalue weighted by molar-refractivity contribution is 5.81. The van der Waals surface area contributed by atoms with E-state index in [9.17, 15) is 14.7 Å². The van der Waals surface area contributed by atoms with Crippen LogP contribution in [0, 0.1) is 6.92 Å². The minimum absolute atomic E-state index is 0.0750. The molecule has 0 saturated carbocycles. The molecule has 0 saturated heterocycles. The number of amides is 1. The van der Waals surface area contributed by atoms with Crippen LogP contribution in [-0.2, 0) is 16.0 Å². The van der Waals surface area contributed by atoms with E-state index in [4.69, 9.17) is 4.74 Å². The van der Waals surface area contributed by atoms with Crippen molar-refractivity contribution in [2.24, 2.45) is 0 Å².